The minimum Gasteiger partial charge on any atom is -0.322 e. The highest BCUT2D eigenvalue weighted by atomic mass is 35.5. The summed E-state index contributed by atoms with van der Waals surface area (Å²) in [7, 11) is -3.63. The lowest BCUT2D eigenvalue weighted by Gasteiger charge is -2.22. The van der Waals surface area contributed by atoms with Gasteiger partial charge in [-0.2, -0.15) is 0 Å². The van der Waals surface area contributed by atoms with Crippen LogP contribution in [0, 0.1) is 11.6 Å². The number of benzene rings is 3. The molecular formula is C21H17ClF2N2O3S. The number of amides is 1. The average molecular weight is 451 g/mol. The van der Waals surface area contributed by atoms with Gasteiger partial charge in [-0.1, -0.05) is 23.7 Å². The summed E-state index contributed by atoms with van der Waals surface area (Å²) in [6.45, 7) is 0.0126. The van der Waals surface area contributed by atoms with Crippen molar-refractivity contribution in [1.29, 1.82) is 0 Å². The van der Waals surface area contributed by atoms with Gasteiger partial charge in [-0.15, -0.1) is 0 Å². The number of hydrogen-bond donors (Lipinski definition) is 1. The quantitative estimate of drug-likeness (QED) is 0.584. The largest absolute Gasteiger partial charge is 0.322 e. The molecule has 30 heavy (non-hydrogen) atoms. The molecule has 0 heterocycles. The molecule has 0 saturated heterocycles. The minimum atomic E-state index is -3.63. The lowest BCUT2D eigenvalue weighted by Crippen LogP contribution is -2.29. The molecule has 3 aromatic carbocycles. The van der Waals surface area contributed by atoms with Gasteiger partial charge in [0.05, 0.1) is 23.5 Å². The Morgan fingerprint density at radius 3 is 2.20 bits per heavy atom. The molecule has 156 valence electrons. The summed E-state index contributed by atoms with van der Waals surface area (Å²) < 4.78 is 52.0. The van der Waals surface area contributed by atoms with Crippen molar-refractivity contribution in [2.45, 2.75) is 6.54 Å². The molecule has 1 N–H and O–H groups in total. The number of halogens is 3. The van der Waals surface area contributed by atoms with E-state index in [0.717, 1.165) is 16.6 Å². The van der Waals surface area contributed by atoms with Gasteiger partial charge in [-0.05, 0) is 60.2 Å². The summed E-state index contributed by atoms with van der Waals surface area (Å²) in [5, 5.41) is 2.48. The Bertz CT molecular complexity index is 1170. The number of hydrogen-bond acceptors (Lipinski definition) is 3. The van der Waals surface area contributed by atoms with Crippen LogP contribution in [-0.4, -0.2) is 20.6 Å². The Hall–Kier alpha value is -2.97. The lowest BCUT2D eigenvalue weighted by molar-refractivity contribution is 0.102. The standard InChI is InChI=1S/C21H17ClF2N2O3S/c1-30(28,29)26(13-14-2-6-16(23)7-3-14)18-9-4-15(5-10-18)21(27)25-17-8-11-20(24)19(22)12-17/h2-12H,13H2,1H3,(H,25,27). The van der Waals surface area contributed by atoms with Crippen molar-refractivity contribution in [3.8, 4) is 0 Å². The SMILES string of the molecule is CS(=O)(=O)N(Cc1ccc(F)cc1)c1ccc(C(=O)Nc2ccc(F)c(Cl)c2)cc1. The molecule has 5 nitrogen and oxygen atoms in total. The maximum atomic E-state index is 13.2. The summed E-state index contributed by atoms with van der Waals surface area (Å²) >= 11 is 5.71. The zero-order valence-electron chi connectivity index (χ0n) is 15.8. The van der Waals surface area contributed by atoms with Gasteiger partial charge in [0, 0.05) is 11.3 Å². The fraction of sp³-hybridized carbons (Fsp3) is 0.0952. The highest BCUT2D eigenvalue weighted by Gasteiger charge is 2.18. The topological polar surface area (TPSA) is 66.5 Å². The second-order valence-corrected chi connectivity index (χ2v) is 8.84. The summed E-state index contributed by atoms with van der Waals surface area (Å²) in [5.74, 6) is -1.47. The van der Waals surface area contributed by atoms with Crippen LogP contribution in [0.3, 0.4) is 0 Å². The molecule has 9 heteroatoms. The molecule has 3 aromatic rings. The molecule has 0 atom stereocenters. The Kier molecular flexibility index (Phi) is 6.38. The van der Waals surface area contributed by atoms with Gasteiger partial charge in [0.25, 0.3) is 5.91 Å². The van der Waals surface area contributed by atoms with E-state index in [2.05, 4.69) is 5.32 Å². The lowest BCUT2D eigenvalue weighted by atomic mass is 10.1. The molecule has 0 aliphatic rings. The van der Waals surface area contributed by atoms with Crippen molar-refractivity contribution in [2.75, 3.05) is 15.9 Å². The summed E-state index contributed by atoms with van der Waals surface area (Å²) in [4.78, 5) is 12.4. The molecule has 0 spiro atoms. The second kappa shape index (κ2) is 8.81. The number of carbonyl (C=O) groups is 1. The van der Waals surface area contributed by atoms with Crippen LogP contribution in [0.5, 0.6) is 0 Å². The zero-order chi connectivity index (χ0) is 21.9. The first kappa shape index (κ1) is 21.7. The van der Waals surface area contributed by atoms with Gasteiger partial charge in [-0.25, -0.2) is 17.2 Å². The van der Waals surface area contributed by atoms with Crippen LogP contribution in [-0.2, 0) is 16.6 Å². The van der Waals surface area contributed by atoms with Gasteiger partial charge < -0.3 is 5.32 Å². The van der Waals surface area contributed by atoms with E-state index < -0.39 is 27.6 Å². The van der Waals surface area contributed by atoms with Crippen molar-refractivity contribution in [2.24, 2.45) is 0 Å². The van der Waals surface area contributed by atoms with Crippen LogP contribution in [0.25, 0.3) is 0 Å². The third-order valence-corrected chi connectivity index (χ3v) is 5.66. The molecular weight excluding hydrogens is 434 g/mol. The van der Waals surface area contributed by atoms with Crippen molar-refractivity contribution in [3.63, 3.8) is 0 Å². The molecule has 0 saturated carbocycles. The molecule has 1 amide bonds. The van der Waals surface area contributed by atoms with Gasteiger partial charge in [-0.3, -0.25) is 9.10 Å². The van der Waals surface area contributed by atoms with E-state index in [4.69, 9.17) is 11.6 Å². The monoisotopic (exact) mass is 450 g/mol. The van der Waals surface area contributed by atoms with E-state index in [1.165, 1.54) is 60.7 Å². The summed E-state index contributed by atoms with van der Waals surface area (Å²) in [6.07, 6.45) is 1.06. The second-order valence-electron chi connectivity index (χ2n) is 6.53. The van der Waals surface area contributed by atoms with E-state index in [-0.39, 0.29) is 17.1 Å². The van der Waals surface area contributed by atoms with E-state index in [1.807, 2.05) is 0 Å². The van der Waals surface area contributed by atoms with Crippen LogP contribution in [0.4, 0.5) is 20.2 Å². The Labute approximate surface area is 178 Å². The van der Waals surface area contributed by atoms with Crippen molar-refractivity contribution in [3.05, 3.63) is 94.5 Å². The van der Waals surface area contributed by atoms with Gasteiger partial charge in [0.15, 0.2) is 0 Å². The summed E-state index contributed by atoms with van der Waals surface area (Å²) in [5.41, 5.74) is 1.55. The third kappa shape index (κ3) is 5.34. The number of nitrogens with one attached hydrogen (secondary N) is 1. The molecule has 0 bridgehead atoms. The van der Waals surface area contributed by atoms with Crippen molar-refractivity contribution < 1.29 is 22.0 Å². The van der Waals surface area contributed by atoms with E-state index >= 15 is 0 Å². The van der Waals surface area contributed by atoms with Crippen LogP contribution in [0.2, 0.25) is 5.02 Å². The maximum Gasteiger partial charge on any atom is 0.255 e. The van der Waals surface area contributed by atoms with Gasteiger partial charge >= 0.3 is 0 Å². The number of carbonyl (C=O) groups excluding carboxylic acids is 1. The minimum absolute atomic E-state index is 0.0126. The predicted octanol–water partition coefficient (Wildman–Crippen LogP) is 4.84. The number of sulfonamides is 1. The molecule has 3 rings (SSSR count). The smallest absolute Gasteiger partial charge is 0.255 e. The zero-order valence-corrected chi connectivity index (χ0v) is 17.3. The molecule has 0 fully saturated rings. The first-order valence-corrected chi connectivity index (χ1v) is 10.9. The number of anilines is 2. The number of nitrogens with zero attached hydrogens (tertiary/aromatic N) is 1. The van der Waals surface area contributed by atoms with Crippen LogP contribution in [0.1, 0.15) is 15.9 Å². The third-order valence-electron chi connectivity index (χ3n) is 4.23. The predicted molar refractivity (Wildman–Crippen MR) is 113 cm³/mol. The summed E-state index contributed by atoms with van der Waals surface area (Å²) in [6, 6.07) is 15.3. The highest BCUT2D eigenvalue weighted by molar-refractivity contribution is 7.92. The molecule has 0 aliphatic carbocycles. The van der Waals surface area contributed by atoms with E-state index in [9.17, 15) is 22.0 Å². The van der Waals surface area contributed by atoms with Crippen molar-refractivity contribution >= 4 is 38.9 Å². The van der Waals surface area contributed by atoms with Crippen LogP contribution in [0.15, 0.2) is 66.7 Å². The molecule has 0 aliphatic heterocycles. The Balaban J connectivity index is 1.79. The number of rotatable bonds is 6. The van der Waals surface area contributed by atoms with Gasteiger partial charge in [0.1, 0.15) is 11.6 Å². The molecule has 0 aromatic heterocycles. The Morgan fingerprint density at radius 2 is 1.63 bits per heavy atom. The van der Waals surface area contributed by atoms with Crippen molar-refractivity contribution in [1.82, 2.24) is 0 Å². The van der Waals surface area contributed by atoms with Crippen LogP contribution < -0.4 is 9.62 Å². The maximum absolute atomic E-state index is 13.2. The fourth-order valence-corrected chi connectivity index (χ4v) is 3.78. The molecule has 0 radical (unpaired) electrons. The van der Waals surface area contributed by atoms with E-state index in [1.54, 1.807) is 0 Å². The normalized spacial score (nSPS) is 11.2. The fourth-order valence-electron chi connectivity index (χ4n) is 2.71. The molecule has 0 unspecified atom stereocenters. The Morgan fingerprint density at radius 1 is 1.00 bits per heavy atom. The first-order valence-electron chi connectivity index (χ1n) is 8.72. The first-order chi connectivity index (χ1) is 14.1. The van der Waals surface area contributed by atoms with Crippen LogP contribution >= 0.6 is 11.6 Å². The average Bonchev–Trinajstić information content (AvgIpc) is 2.69. The highest BCUT2D eigenvalue weighted by Crippen LogP contribution is 2.23. The van der Waals surface area contributed by atoms with E-state index in [0.29, 0.717) is 16.9 Å². The van der Waals surface area contributed by atoms with Gasteiger partial charge in [0.2, 0.25) is 10.0 Å².